The predicted octanol–water partition coefficient (Wildman–Crippen LogP) is 1.92. The summed E-state index contributed by atoms with van der Waals surface area (Å²) in [6.45, 7) is 3.42. The number of para-hydroxylation sites is 1. The molecule has 1 saturated heterocycles. The number of likely N-dealkylation sites (N-methyl/N-ethyl adjacent to an activating group) is 1. The maximum atomic E-state index is 5.38. The van der Waals surface area contributed by atoms with Crippen LogP contribution >= 0.6 is 0 Å². The minimum atomic E-state index is 0.688. The monoisotopic (exact) mass is 248 g/mol. The second kappa shape index (κ2) is 6.76. The van der Waals surface area contributed by atoms with E-state index < -0.39 is 0 Å². The third-order valence-electron chi connectivity index (χ3n) is 3.65. The van der Waals surface area contributed by atoms with Gasteiger partial charge in [-0.25, -0.2) is 0 Å². The number of nitrogens with one attached hydrogen (secondary N) is 1. The van der Waals surface area contributed by atoms with Crippen LogP contribution in [0.3, 0.4) is 0 Å². The van der Waals surface area contributed by atoms with Crippen LogP contribution in [0.15, 0.2) is 24.3 Å². The zero-order valence-electron chi connectivity index (χ0n) is 11.5. The molecule has 1 aliphatic heterocycles. The Bertz CT molecular complexity index is 361. The van der Waals surface area contributed by atoms with Crippen LogP contribution in [0, 0.1) is 0 Å². The van der Waals surface area contributed by atoms with Crippen LogP contribution in [0.25, 0.3) is 0 Å². The van der Waals surface area contributed by atoms with E-state index in [1.165, 1.54) is 24.9 Å². The first kappa shape index (κ1) is 13.4. The molecule has 1 aromatic rings. The Hall–Kier alpha value is -1.06. The Kier molecular flexibility index (Phi) is 5.02. The maximum Gasteiger partial charge on any atom is 0.122 e. The first-order valence-corrected chi connectivity index (χ1v) is 6.83. The highest BCUT2D eigenvalue weighted by atomic mass is 16.5. The highest BCUT2D eigenvalue weighted by Gasteiger charge is 2.15. The average molecular weight is 248 g/mol. The summed E-state index contributed by atoms with van der Waals surface area (Å²) in [4.78, 5) is 2.41. The van der Waals surface area contributed by atoms with Gasteiger partial charge in [0.05, 0.1) is 7.11 Å². The Morgan fingerprint density at radius 2 is 2.22 bits per heavy atom. The molecule has 1 aliphatic rings. The van der Waals surface area contributed by atoms with Gasteiger partial charge in [-0.2, -0.15) is 0 Å². The molecule has 1 unspecified atom stereocenters. The van der Waals surface area contributed by atoms with Crippen molar-refractivity contribution in [3.8, 4) is 5.75 Å². The lowest BCUT2D eigenvalue weighted by molar-refractivity contribution is 0.302. The van der Waals surface area contributed by atoms with Crippen LogP contribution in [0.2, 0.25) is 0 Å². The summed E-state index contributed by atoms with van der Waals surface area (Å²) < 4.78 is 5.38. The highest BCUT2D eigenvalue weighted by Crippen LogP contribution is 2.18. The number of nitrogens with zero attached hydrogens (tertiary/aromatic N) is 1. The lowest BCUT2D eigenvalue weighted by Gasteiger charge is -2.21. The Labute approximate surface area is 110 Å². The molecule has 1 N–H and O–H groups in total. The largest absolute Gasteiger partial charge is 0.496 e. The molecule has 0 aromatic heterocycles. The van der Waals surface area contributed by atoms with Gasteiger partial charge in [-0.1, -0.05) is 18.2 Å². The zero-order chi connectivity index (χ0) is 12.8. The fourth-order valence-electron chi connectivity index (χ4n) is 2.60. The van der Waals surface area contributed by atoms with E-state index in [1.807, 2.05) is 12.1 Å². The molecule has 1 fully saturated rings. The van der Waals surface area contributed by atoms with Gasteiger partial charge >= 0.3 is 0 Å². The summed E-state index contributed by atoms with van der Waals surface area (Å²) in [5.41, 5.74) is 1.30. The van der Waals surface area contributed by atoms with E-state index in [9.17, 15) is 0 Å². The molecule has 0 amide bonds. The van der Waals surface area contributed by atoms with Crippen molar-refractivity contribution < 1.29 is 4.74 Å². The average Bonchev–Trinajstić information content (AvgIpc) is 2.89. The molecule has 1 heterocycles. The van der Waals surface area contributed by atoms with Crippen LogP contribution in [0.4, 0.5) is 0 Å². The molecule has 0 radical (unpaired) electrons. The van der Waals surface area contributed by atoms with E-state index in [4.69, 9.17) is 4.74 Å². The van der Waals surface area contributed by atoms with Crippen molar-refractivity contribution in [3.63, 3.8) is 0 Å². The van der Waals surface area contributed by atoms with Crippen LogP contribution in [-0.2, 0) is 6.42 Å². The second-order valence-corrected chi connectivity index (χ2v) is 5.12. The van der Waals surface area contributed by atoms with Gasteiger partial charge in [-0.15, -0.1) is 0 Å². The molecule has 2 rings (SSSR count). The number of methoxy groups -OCH3 is 1. The lowest BCUT2D eigenvalue weighted by atomic mass is 10.1. The van der Waals surface area contributed by atoms with Crippen LogP contribution in [-0.4, -0.2) is 44.7 Å². The second-order valence-electron chi connectivity index (χ2n) is 5.12. The normalized spacial score (nSPS) is 19.4. The minimum absolute atomic E-state index is 0.688. The van der Waals surface area contributed by atoms with E-state index >= 15 is 0 Å². The third kappa shape index (κ3) is 3.72. The summed E-state index contributed by atoms with van der Waals surface area (Å²) in [6, 6.07) is 8.98. The maximum absolute atomic E-state index is 5.38. The molecule has 100 valence electrons. The molecule has 0 spiro atoms. The predicted molar refractivity (Wildman–Crippen MR) is 75.2 cm³/mol. The Balaban J connectivity index is 1.79. The number of ether oxygens (including phenoxy) is 1. The standard InChI is InChI=1S/C15H24N2O/c1-17(12-14-7-5-10-16-14)11-9-13-6-3-4-8-15(13)18-2/h3-4,6,8,14,16H,5,7,9-12H2,1-2H3. The Morgan fingerprint density at radius 3 is 2.94 bits per heavy atom. The summed E-state index contributed by atoms with van der Waals surface area (Å²) in [5, 5.41) is 3.54. The van der Waals surface area contributed by atoms with Gasteiger partial charge in [0.25, 0.3) is 0 Å². The fraction of sp³-hybridized carbons (Fsp3) is 0.600. The van der Waals surface area contributed by atoms with E-state index in [2.05, 4.69) is 29.4 Å². The van der Waals surface area contributed by atoms with Gasteiger partial charge in [-0.05, 0) is 44.5 Å². The molecule has 0 aliphatic carbocycles. The molecule has 3 nitrogen and oxygen atoms in total. The van der Waals surface area contributed by atoms with Gasteiger partial charge in [0.1, 0.15) is 5.75 Å². The molecule has 1 atom stereocenters. The summed E-state index contributed by atoms with van der Waals surface area (Å²) in [6.07, 6.45) is 3.69. The molecule has 1 aromatic carbocycles. The smallest absolute Gasteiger partial charge is 0.122 e. The van der Waals surface area contributed by atoms with Crippen LogP contribution in [0.5, 0.6) is 5.75 Å². The van der Waals surface area contributed by atoms with Crippen molar-refractivity contribution >= 4 is 0 Å². The van der Waals surface area contributed by atoms with Crippen molar-refractivity contribution in [2.45, 2.75) is 25.3 Å². The molecule has 0 bridgehead atoms. The van der Waals surface area contributed by atoms with Gasteiger partial charge < -0.3 is 15.0 Å². The van der Waals surface area contributed by atoms with Crippen LogP contribution in [0.1, 0.15) is 18.4 Å². The third-order valence-corrected chi connectivity index (χ3v) is 3.65. The quantitative estimate of drug-likeness (QED) is 0.832. The van der Waals surface area contributed by atoms with E-state index in [1.54, 1.807) is 7.11 Å². The van der Waals surface area contributed by atoms with Crippen molar-refractivity contribution in [2.75, 3.05) is 33.8 Å². The fourth-order valence-corrected chi connectivity index (χ4v) is 2.60. The number of hydrogen-bond acceptors (Lipinski definition) is 3. The summed E-state index contributed by atoms with van der Waals surface area (Å²) >= 11 is 0. The number of hydrogen-bond donors (Lipinski definition) is 1. The first-order valence-electron chi connectivity index (χ1n) is 6.83. The molecular weight excluding hydrogens is 224 g/mol. The van der Waals surface area contributed by atoms with Gasteiger partial charge in [0.15, 0.2) is 0 Å². The molecule has 18 heavy (non-hydrogen) atoms. The van der Waals surface area contributed by atoms with Gasteiger partial charge in [-0.3, -0.25) is 0 Å². The molecule has 0 saturated carbocycles. The number of benzene rings is 1. The van der Waals surface area contributed by atoms with Gasteiger partial charge in [0, 0.05) is 19.1 Å². The van der Waals surface area contributed by atoms with Crippen LogP contribution < -0.4 is 10.1 Å². The number of rotatable bonds is 6. The molecule has 3 heteroatoms. The minimum Gasteiger partial charge on any atom is -0.496 e. The summed E-state index contributed by atoms with van der Waals surface area (Å²) in [5.74, 6) is 1.00. The first-order chi connectivity index (χ1) is 8.79. The van der Waals surface area contributed by atoms with E-state index in [-0.39, 0.29) is 0 Å². The van der Waals surface area contributed by atoms with Crippen molar-refractivity contribution in [1.82, 2.24) is 10.2 Å². The van der Waals surface area contributed by atoms with E-state index in [0.717, 1.165) is 25.3 Å². The van der Waals surface area contributed by atoms with Crippen molar-refractivity contribution in [3.05, 3.63) is 29.8 Å². The summed E-state index contributed by atoms with van der Waals surface area (Å²) in [7, 11) is 3.94. The van der Waals surface area contributed by atoms with E-state index in [0.29, 0.717) is 6.04 Å². The SMILES string of the molecule is COc1ccccc1CCN(C)CC1CCCN1. The topological polar surface area (TPSA) is 24.5 Å². The van der Waals surface area contributed by atoms with Crippen molar-refractivity contribution in [1.29, 1.82) is 0 Å². The highest BCUT2D eigenvalue weighted by molar-refractivity contribution is 5.33. The Morgan fingerprint density at radius 1 is 1.39 bits per heavy atom. The van der Waals surface area contributed by atoms with Crippen molar-refractivity contribution in [2.24, 2.45) is 0 Å². The zero-order valence-corrected chi connectivity index (χ0v) is 11.5. The lowest BCUT2D eigenvalue weighted by Crippen LogP contribution is -2.36. The molecular formula is C15H24N2O. The van der Waals surface area contributed by atoms with Gasteiger partial charge in [0.2, 0.25) is 0 Å².